The Bertz CT molecular complexity index is 744. The average Bonchev–Trinajstić information content (AvgIpc) is 2.61. The Hall–Kier alpha value is -2.50. The van der Waals surface area contributed by atoms with E-state index in [0.29, 0.717) is 13.0 Å². The standard InChI is InChI=1S/C20H20F3NO2/c21-20(22,23)16-8-6-15(7-9-16)18-12-14(13-19(25)26)10-11-24(18)17-4-2-1-3-5-17/h1-9,14,18H,10-13H2,(H,25,26)/t14-,18+/m1/s1. The third kappa shape index (κ3) is 4.18. The van der Waals surface area contributed by atoms with Crippen molar-refractivity contribution in [1.82, 2.24) is 0 Å². The average molecular weight is 363 g/mol. The van der Waals surface area contributed by atoms with Crippen molar-refractivity contribution in [2.75, 3.05) is 11.4 Å². The van der Waals surface area contributed by atoms with Crippen LogP contribution in [0.15, 0.2) is 54.6 Å². The number of hydrogen-bond donors (Lipinski definition) is 1. The highest BCUT2D eigenvalue weighted by molar-refractivity contribution is 5.67. The summed E-state index contributed by atoms with van der Waals surface area (Å²) in [6.45, 7) is 0.674. The summed E-state index contributed by atoms with van der Waals surface area (Å²) in [6.07, 6.45) is -2.93. The van der Waals surface area contributed by atoms with E-state index in [1.54, 1.807) is 0 Å². The Morgan fingerprint density at radius 1 is 1.08 bits per heavy atom. The van der Waals surface area contributed by atoms with Crippen LogP contribution in [0.1, 0.15) is 36.4 Å². The van der Waals surface area contributed by atoms with Gasteiger partial charge in [0, 0.05) is 18.7 Å². The van der Waals surface area contributed by atoms with E-state index in [9.17, 15) is 18.0 Å². The van der Waals surface area contributed by atoms with E-state index in [2.05, 4.69) is 4.90 Å². The molecule has 138 valence electrons. The normalized spacial score (nSPS) is 20.8. The summed E-state index contributed by atoms with van der Waals surface area (Å²) >= 11 is 0. The van der Waals surface area contributed by atoms with Gasteiger partial charge in [-0.1, -0.05) is 30.3 Å². The Kier molecular flexibility index (Phi) is 5.20. The highest BCUT2D eigenvalue weighted by atomic mass is 19.4. The Morgan fingerprint density at radius 2 is 1.73 bits per heavy atom. The number of rotatable bonds is 4. The minimum Gasteiger partial charge on any atom is -0.481 e. The molecule has 0 saturated carbocycles. The molecule has 0 aromatic heterocycles. The molecule has 2 aromatic rings. The zero-order valence-corrected chi connectivity index (χ0v) is 14.1. The first kappa shape index (κ1) is 18.3. The molecule has 1 N–H and O–H groups in total. The van der Waals surface area contributed by atoms with Gasteiger partial charge in [0.15, 0.2) is 0 Å². The minimum absolute atomic E-state index is 0.0137. The quantitative estimate of drug-likeness (QED) is 0.818. The van der Waals surface area contributed by atoms with E-state index in [1.165, 1.54) is 12.1 Å². The lowest BCUT2D eigenvalue weighted by atomic mass is 9.84. The second-order valence-corrected chi connectivity index (χ2v) is 6.65. The molecule has 1 aliphatic heterocycles. The van der Waals surface area contributed by atoms with Gasteiger partial charge in [-0.05, 0) is 48.6 Å². The molecule has 2 atom stereocenters. The van der Waals surface area contributed by atoms with Crippen molar-refractivity contribution in [3.05, 3.63) is 65.7 Å². The molecule has 1 heterocycles. The summed E-state index contributed by atoms with van der Waals surface area (Å²) in [5, 5.41) is 9.09. The lowest BCUT2D eigenvalue weighted by Gasteiger charge is -2.41. The van der Waals surface area contributed by atoms with Crippen LogP contribution in [0.3, 0.4) is 0 Å². The van der Waals surface area contributed by atoms with E-state index in [-0.39, 0.29) is 18.4 Å². The molecule has 2 aromatic carbocycles. The second-order valence-electron chi connectivity index (χ2n) is 6.65. The number of anilines is 1. The minimum atomic E-state index is -4.37. The summed E-state index contributed by atoms with van der Waals surface area (Å²) in [5.74, 6) is -0.825. The molecule has 1 saturated heterocycles. The van der Waals surface area contributed by atoms with Crippen LogP contribution in [0.25, 0.3) is 0 Å². The zero-order chi connectivity index (χ0) is 18.7. The SMILES string of the molecule is O=C(O)C[C@@H]1CCN(c2ccccc2)[C@H](c2ccc(C(F)(F)F)cc2)C1. The van der Waals surface area contributed by atoms with Crippen molar-refractivity contribution in [1.29, 1.82) is 0 Å². The number of carboxylic acids is 1. The fourth-order valence-corrected chi connectivity index (χ4v) is 3.61. The number of aliphatic carboxylic acids is 1. The Labute approximate surface area is 150 Å². The van der Waals surface area contributed by atoms with Crippen molar-refractivity contribution >= 4 is 11.7 Å². The zero-order valence-electron chi connectivity index (χ0n) is 14.1. The maximum absolute atomic E-state index is 12.8. The van der Waals surface area contributed by atoms with Crippen LogP contribution in [-0.4, -0.2) is 17.6 Å². The molecule has 1 aliphatic rings. The van der Waals surface area contributed by atoms with Crippen LogP contribution in [0, 0.1) is 5.92 Å². The van der Waals surface area contributed by atoms with Gasteiger partial charge < -0.3 is 10.0 Å². The topological polar surface area (TPSA) is 40.5 Å². The van der Waals surface area contributed by atoms with Crippen LogP contribution in [0.2, 0.25) is 0 Å². The van der Waals surface area contributed by atoms with Gasteiger partial charge in [-0.15, -0.1) is 0 Å². The predicted octanol–water partition coefficient (Wildman–Crippen LogP) is 5.14. The molecule has 1 fully saturated rings. The van der Waals surface area contributed by atoms with Crippen molar-refractivity contribution in [2.45, 2.75) is 31.5 Å². The monoisotopic (exact) mass is 363 g/mol. The molecule has 0 radical (unpaired) electrons. The van der Waals surface area contributed by atoms with Crippen LogP contribution in [0.4, 0.5) is 18.9 Å². The largest absolute Gasteiger partial charge is 0.481 e. The second kappa shape index (κ2) is 7.40. The van der Waals surface area contributed by atoms with Crippen LogP contribution >= 0.6 is 0 Å². The molecular weight excluding hydrogens is 343 g/mol. The van der Waals surface area contributed by atoms with Crippen LogP contribution in [0.5, 0.6) is 0 Å². The number of nitrogens with zero attached hydrogens (tertiary/aromatic N) is 1. The van der Waals surface area contributed by atoms with Crippen molar-refractivity contribution in [3.63, 3.8) is 0 Å². The number of piperidine rings is 1. The molecule has 3 rings (SSSR count). The fourth-order valence-electron chi connectivity index (χ4n) is 3.61. The summed E-state index contributed by atoms with van der Waals surface area (Å²) in [4.78, 5) is 13.2. The van der Waals surface area contributed by atoms with Crippen molar-refractivity contribution < 1.29 is 23.1 Å². The first-order valence-corrected chi connectivity index (χ1v) is 8.55. The van der Waals surface area contributed by atoms with Gasteiger partial charge >= 0.3 is 12.1 Å². The highest BCUT2D eigenvalue weighted by Crippen LogP contribution is 2.39. The summed E-state index contributed by atoms with van der Waals surface area (Å²) in [7, 11) is 0. The third-order valence-electron chi connectivity index (χ3n) is 4.88. The fraction of sp³-hybridized carbons (Fsp3) is 0.350. The van der Waals surface area contributed by atoms with Gasteiger partial charge in [0.05, 0.1) is 11.6 Å². The molecular formula is C20H20F3NO2. The third-order valence-corrected chi connectivity index (χ3v) is 4.88. The molecule has 0 bridgehead atoms. The van der Waals surface area contributed by atoms with Gasteiger partial charge in [0.1, 0.15) is 0 Å². The number of carbonyl (C=O) groups is 1. The molecule has 0 unspecified atom stereocenters. The van der Waals surface area contributed by atoms with Crippen molar-refractivity contribution in [2.24, 2.45) is 5.92 Å². The van der Waals surface area contributed by atoms with E-state index in [4.69, 9.17) is 5.11 Å². The molecule has 26 heavy (non-hydrogen) atoms. The number of benzene rings is 2. The number of hydrogen-bond acceptors (Lipinski definition) is 2. The first-order chi connectivity index (χ1) is 12.3. The summed E-state index contributed by atoms with van der Waals surface area (Å²) < 4.78 is 38.5. The first-order valence-electron chi connectivity index (χ1n) is 8.55. The van der Waals surface area contributed by atoms with Crippen molar-refractivity contribution in [3.8, 4) is 0 Å². The summed E-state index contributed by atoms with van der Waals surface area (Å²) in [6, 6.07) is 14.7. The lowest BCUT2D eigenvalue weighted by Crippen LogP contribution is -2.37. The molecule has 0 amide bonds. The molecule has 0 aliphatic carbocycles. The predicted molar refractivity (Wildman–Crippen MR) is 92.9 cm³/mol. The number of para-hydroxylation sites is 1. The van der Waals surface area contributed by atoms with E-state index in [0.717, 1.165) is 29.8 Å². The summed E-state index contributed by atoms with van der Waals surface area (Å²) in [5.41, 5.74) is 1.09. The van der Waals surface area contributed by atoms with Gasteiger partial charge in [0.25, 0.3) is 0 Å². The van der Waals surface area contributed by atoms with Gasteiger partial charge in [-0.3, -0.25) is 4.79 Å². The maximum atomic E-state index is 12.8. The van der Waals surface area contributed by atoms with E-state index >= 15 is 0 Å². The molecule has 0 spiro atoms. The van der Waals surface area contributed by atoms with E-state index < -0.39 is 17.7 Å². The molecule has 6 heteroatoms. The van der Waals surface area contributed by atoms with Gasteiger partial charge in [-0.2, -0.15) is 13.2 Å². The molecule has 3 nitrogen and oxygen atoms in total. The Balaban J connectivity index is 1.90. The maximum Gasteiger partial charge on any atom is 0.416 e. The number of carboxylic acid groups (broad SMARTS) is 1. The smallest absolute Gasteiger partial charge is 0.416 e. The number of halogens is 3. The van der Waals surface area contributed by atoms with Gasteiger partial charge in [-0.25, -0.2) is 0 Å². The van der Waals surface area contributed by atoms with Crippen LogP contribution in [-0.2, 0) is 11.0 Å². The highest BCUT2D eigenvalue weighted by Gasteiger charge is 2.33. The number of alkyl halides is 3. The van der Waals surface area contributed by atoms with Crippen LogP contribution < -0.4 is 4.90 Å². The Morgan fingerprint density at radius 3 is 2.31 bits per heavy atom. The lowest BCUT2D eigenvalue weighted by molar-refractivity contribution is -0.139. The van der Waals surface area contributed by atoms with Gasteiger partial charge in [0.2, 0.25) is 0 Å². The van der Waals surface area contributed by atoms with E-state index in [1.807, 2.05) is 30.3 Å².